The summed E-state index contributed by atoms with van der Waals surface area (Å²) in [7, 11) is -2.33. The van der Waals surface area contributed by atoms with Gasteiger partial charge in [0.15, 0.2) is 0 Å². The number of likely N-dealkylation sites (tertiary alicyclic amines) is 1. The number of methoxy groups -OCH3 is 1. The summed E-state index contributed by atoms with van der Waals surface area (Å²) in [6.45, 7) is 2.93. The first-order valence-corrected chi connectivity index (χ1v) is 10.2. The molecule has 0 aliphatic carbocycles. The third-order valence-electron chi connectivity index (χ3n) is 4.57. The highest BCUT2D eigenvalue weighted by Crippen LogP contribution is 2.33. The molecule has 3 rings (SSSR count). The molecular formula is C19H22F2N2O3S. The summed E-state index contributed by atoms with van der Waals surface area (Å²) in [5, 5.41) is 0. The maximum atomic E-state index is 13.6. The van der Waals surface area contributed by atoms with E-state index < -0.39 is 21.7 Å². The summed E-state index contributed by atoms with van der Waals surface area (Å²) in [6, 6.07) is 7.29. The smallest absolute Gasteiger partial charge is 0.240 e. The maximum Gasteiger partial charge on any atom is 0.240 e. The second kappa shape index (κ2) is 8.33. The van der Waals surface area contributed by atoms with E-state index in [1.165, 1.54) is 25.3 Å². The molecule has 0 radical (unpaired) electrons. The standard InChI is InChI=1S/C19H22F2N2O3S/c1-26-19-5-4-17(13-18(19)14-10-15(20)12-16(21)11-14)27(24,25)22-6-9-23-7-2-3-8-23/h4-5,10-13,22H,2-3,6-9H2,1H3. The Hall–Kier alpha value is -2.03. The zero-order chi connectivity index (χ0) is 19.4. The van der Waals surface area contributed by atoms with Gasteiger partial charge in [-0.15, -0.1) is 0 Å². The van der Waals surface area contributed by atoms with Gasteiger partial charge in [-0.3, -0.25) is 0 Å². The number of rotatable bonds is 7. The van der Waals surface area contributed by atoms with Gasteiger partial charge >= 0.3 is 0 Å². The molecule has 1 aliphatic rings. The molecular weight excluding hydrogens is 374 g/mol. The Kier molecular flexibility index (Phi) is 6.08. The van der Waals surface area contributed by atoms with Crippen molar-refractivity contribution >= 4 is 10.0 Å². The van der Waals surface area contributed by atoms with Gasteiger partial charge in [0.05, 0.1) is 12.0 Å². The molecule has 0 spiro atoms. The molecule has 0 atom stereocenters. The minimum Gasteiger partial charge on any atom is -0.496 e. The molecule has 2 aromatic carbocycles. The van der Waals surface area contributed by atoms with Crippen LogP contribution in [0.15, 0.2) is 41.3 Å². The predicted molar refractivity (Wildman–Crippen MR) is 99.2 cm³/mol. The number of ether oxygens (including phenoxy) is 1. The fraction of sp³-hybridized carbons (Fsp3) is 0.368. The average molecular weight is 396 g/mol. The number of nitrogens with zero attached hydrogens (tertiary/aromatic N) is 1. The van der Waals surface area contributed by atoms with E-state index >= 15 is 0 Å². The van der Waals surface area contributed by atoms with Crippen LogP contribution in [0.5, 0.6) is 5.75 Å². The van der Waals surface area contributed by atoms with E-state index in [-0.39, 0.29) is 10.5 Å². The van der Waals surface area contributed by atoms with Crippen LogP contribution in [0.4, 0.5) is 8.78 Å². The van der Waals surface area contributed by atoms with Gasteiger partial charge in [-0.25, -0.2) is 21.9 Å². The summed E-state index contributed by atoms with van der Waals surface area (Å²) in [6.07, 6.45) is 2.28. The van der Waals surface area contributed by atoms with Crippen LogP contribution in [-0.4, -0.2) is 46.6 Å². The van der Waals surface area contributed by atoms with E-state index in [1.54, 1.807) is 0 Å². The predicted octanol–water partition coefficient (Wildman–Crippen LogP) is 3.01. The quantitative estimate of drug-likeness (QED) is 0.782. The number of hydrogen-bond donors (Lipinski definition) is 1. The SMILES string of the molecule is COc1ccc(S(=O)(=O)NCCN2CCCC2)cc1-c1cc(F)cc(F)c1. The van der Waals surface area contributed by atoms with Crippen molar-refractivity contribution in [1.82, 2.24) is 9.62 Å². The molecule has 0 aromatic heterocycles. The fourth-order valence-corrected chi connectivity index (χ4v) is 4.26. The average Bonchev–Trinajstić information content (AvgIpc) is 3.13. The molecule has 5 nitrogen and oxygen atoms in total. The molecule has 1 aliphatic heterocycles. The summed E-state index contributed by atoms with van der Waals surface area (Å²) < 4.78 is 60.2. The molecule has 1 saturated heterocycles. The molecule has 0 amide bonds. The van der Waals surface area contributed by atoms with Crippen molar-refractivity contribution in [2.45, 2.75) is 17.7 Å². The molecule has 0 unspecified atom stereocenters. The van der Waals surface area contributed by atoms with E-state index in [0.717, 1.165) is 44.1 Å². The largest absolute Gasteiger partial charge is 0.496 e. The number of halogens is 2. The third kappa shape index (κ3) is 4.82. The fourth-order valence-electron chi connectivity index (χ4n) is 3.22. The van der Waals surface area contributed by atoms with Crippen molar-refractivity contribution in [3.8, 4) is 16.9 Å². The lowest BCUT2D eigenvalue weighted by atomic mass is 10.0. The molecule has 1 N–H and O–H groups in total. The minimum atomic E-state index is -3.75. The second-order valence-electron chi connectivity index (χ2n) is 6.47. The molecule has 146 valence electrons. The van der Waals surface area contributed by atoms with Crippen molar-refractivity contribution < 1.29 is 21.9 Å². The van der Waals surface area contributed by atoms with Crippen molar-refractivity contribution in [3.63, 3.8) is 0 Å². The van der Waals surface area contributed by atoms with Crippen LogP contribution >= 0.6 is 0 Å². The van der Waals surface area contributed by atoms with Gasteiger partial charge in [0.1, 0.15) is 17.4 Å². The molecule has 8 heteroatoms. The van der Waals surface area contributed by atoms with E-state index in [9.17, 15) is 17.2 Å². The maximum absolute atomic E-state index is 13.6. The Morgan fingerprint density at radius 3 is 2.37 bits per heavy atom. The van der Waals surface area contributed by atoms with Crippen molar-refractivity contribution in [2.24, 2.45) is 0 Å². The van der Waals surface area contributed by atoms with Gasteiger partial charge in [-0.1, -0.05) is 0 Å². The minimum absolute atomic E-state index is 0.0180. The molecule has 1 heterocycles. The highest BCUT2D eigenvalue weighted by molar-refractivity contribution is 7.89. The Bertz CT molecular complexity index is 893. The number of hydrogen-bond acceptors (Lipinski definition) is 4. The molecule has 1 fully saturated rings. The van der Waals surface area contributed by atoms with Crippen LogP contribution in [-0.2, 0) is 10.0 Å². The van der Waals surface area contributed by atoms with Crippen LogP contribution in [0.25, 0.3) is 11.1 Å². The Labute approximate surface area is 158 Å². The van der Waals surface area contributed by atoms with Crippen LogP contribution in [0.2, 0.25) is 0 Å². The lowest BCUT2D eigenvalue weighted by Gasteiger charge is -2.16. The zero-order valence-electron chi connectivity index (χ0n) is 15.0. The zero-order valence-corrected chi connectivity index (χ0v) is 15.9. The van der Waals surface area contributed by atoms with Crippen LogP contribution in [0, 0.1) is 11.6 Å². The van der Waals surface area contributed by atoms with Gasteiger partial charge in [0.2, 0.25) is 10.0 Å². The van der Waals surface area contributed by atoms with Gasteiger partial charge in [0.25, 0.3) is 0 Å². The first kappa shape index (κ1) is 19.7. The molecule has 27 heavy (non-hydrogen) atoms. The van der Waals surface area contributed by atoms with Gasteiger partial charge in [-0.2, -0.15) is 0 Å². The normalized spacial score (nSPS) is 15.2. The van der Waals surface area contributed by atoms with Gasteiger partial charge < -0.3 is 9.64 Å². The highest BCUT2D eigenvalue weighted by Gasteiger charge is 2.19. The number of benzene rings is 2. The Morgan fingerprint density at radius 1 is 1.07 bits per heavy atom. The van der Waals surface area contributed by atoms with E-state index in [2.05, 4.69) is 9.62 Å². The summed E-state index contributed by atoms with van der Waals surface area (Å²) in [5.41, 5.74) is 0.511. The van der Waals surface area contributed by atoms with Crippen molar-refractivity contribution in [3.05, 3.63) is 48.0 Å². The lowest BCUT2D eigenvalue weighted by molar-refractivity contribution is 0.344. The van der Waals surface area contributed by atoms with E-state index in [1.807, 2.05) is 0 Å². The second-order valence-corrected chi connectivity index (χ2v) is 8.23. The van der Waals surface area contributed by atoms with E-state index in [0.29, 0.717) is 24.4 Å². The Balaban J connectivity index is 1.85. The summed E-state index contributed by atoms with van der Waals surface area (Å²) in [4.78, 5) is 2.22. The number of sulfonamides is 1. The molecule has 2 aromatic rings. The number of nitrogens with one attached hydrogen (secondary N) is 1. The topological polar surface area (TPSA) is 58.6 Å². The molecule has 0 bridgehead atoms. The Morgan fingerprint density at radius 2 is 1.74 bits per heavy atom. The van der Waals surface area contributed by atoms with Crippen LogP contribution < -0.4 is 9.46 Å². The van der Waals surface area contributed by atoms with Gasteiger partial charge in [0, 0.05) is 24.7 Å². The van der Waals surface area contributed by atoms with Crippen LogP contribution in [0.1, 0.15) is 12.8 Å². The third-order valence-corrected chi connectivity index (χ3v) is 6.03. The first-order chi connectivity index (χ1) is 12.9. The summed E-state index contributed by atoms with van der Waals surface area (Å²) >= 11 is 0. The first-order valence-electron chi connectivity index (χ1n) is 8.75. The van der Waals surface area contributed by atoms with Crippen molar-refractivity contribution in [2.75, 3.05) is 33.3 Å². The lowest BCUT2D eigenvalue weighted by Crippen LogP contribution is -2.33. The molecule has 0 saturated carbocycles. The van der Waals surface area contributed by atoms with Gasteiger partial charge in [-0.05, 0) is 61.8 Å². The van der Waals surface area contributed by atoms with E-state index in [4.69, 9.17) is 4.74 Å². The monoisotopic (exact) mass is 396 g/mol. The van der Waals surface area contributed by atoms with Crippen LogP contribution in [0.3, 0.4) is 0 Å². The highest BCUT2D eigenvalue weighted by atomic mass is 32.2. The summed E-state index contributed by atoms with van der Waals surface area (Å²) in [5.74, 6) is -1.16. The van der Waals surface area contributed by atoms with Crippen molar-refractivity contribution in [1.29, 1.82) is 0 Å².